The van der Waals surface area contributed by atoms with Gasteiger partial charge in [0.25, 0.3) is 0 Å². The summed E-state index contributed by atoms with van der Waals surface area (Å²) in [6.07, 6.45) is 0.353. The number of halogens is 1. The highest BCUT2D eigenvalue weighted by atomic mass is 79.9. The fraction of sp³-hybridized carbons (Fsp3) is 0.538. The normalized spacial score (nSPS) is 13.6. The van der Waals surface area contributed by atoms with E-state index in [1.165, 1.54) is 0 Å². The molecule has 0 bridgehead atoms. The van der Waals surface area contributed by atoms with Gasteiger partial charge >= 0.3 is 0 Å². The number of aryl methyl sites for hydroxylation is 1. The summed E-state index contributed by atoms with van der Waals surface area (Å²) in [7, 11) is -2.93. The number of hydrogen-bond acceptors (Lipinski definition) is 3. The molecule has 0 heterocycles. The van der Waals surface area contributed by atoms with Crippen LogP contribution in [0.25, 0.3) is 0 Å². The third-order valence-electron chi connectivity index (χ3n) is 2.95. The van der Waals surface area contributed by atoms with Crippen molar-refractivity contribution >= 4 is 25.8 Å². The van der Waals surface area contributed by atoms with Crippen molar-refractivity contribution in [2.75, 3.05) is 11.5 Å². The van der Waals surface area contributed by atoms with Crippen LogP contribution in [0.5, 0.6) is 0 Å². The Hall–Kier alpha value is -0.390. The summed E-state index contributed by atoms with van der Waals surface area (Å²) in [5.41, 5.74) is 1.93. The lowest BCUT2D eigenvalue weighted by Gasteiger charge is -2.12. The summed E-state index contributed by atoms with van der Waals surface area (Å²) in [5.74, 6) is 0.312. The van der Waals surface area contributed by atoms with Crippen LogP contribution >= 0.6 is 15.9 Å². The van der Waals surface area contributed by atoms with E-state index in [4.69, 9.17) is 0 Å². The van der Waals surface area contributed by atoms with Gasteiger partial charge in [-0.3, -0.25) is 0 Å². The second-order valence-electron chi connectivity index (χ2n) is 4.40. The molecule has 1 atom stereocenters. The summed E-state index contributed by atoms with van der Waals surface area (Å²) in [6, 6.07) is 5.69. The van der Waals surface area contributed by atoms with Crippen LogP contribution in [0.3, 0.4) is 0 Å². The van der Waals surface area contributed by atoms with Gasteiger partial charge in [-0.05, 0) is 37.0 Å². The smallest absolute Gasteiger partial charge is 0.150 e. The molecular weight excluding hydrogens is 316 g/mol. The van der Waals surface area contributed by atoms with Crippen molar-refractivity contribution in [1.82, 2.24) is 0 Å². The third-order valence-corrected chi connectivity index (χ3v) is 5.60. The third kappa shape index (κ3) is 4.71. The molecule has 0 aromatic heterocycles. The Balaban J connectivity index is 2.55. The Bertz CT molecular complexity index is 497. The molecule has 0 aliphatic carbocycles. The number of rotatable bonds is 6. The Kier molecular flexibility index (Phi) is 5.82. The van der Waals surface area contributed by atoms with Gasteiger partial charge in [0.15, 0.2) is 0 Å². The van der Waals surface area contributed by atoms with Gasteiger partial charge in [-0.25, -0.2) is 8.42 Å². The minimum absolute atomic E-state index is 0.146. The molecule has 0 amide bonds. The van der Waals surface area contributed by atoms with Gasteiger partial charge in [0.1, 0.15) is 9.84 Å². The van der Waals surface area contributed by atoms with Crippen LogP contribution in [0.1, 0.15) is 37.0 Å². The molecule has 0 fully saturated rings. The predicted octanol–water partition coefficient (Wildman–Crippen LogP) is 3.01. The lowest BCUT2D eigenvalue weighted by Crippen LogP contribution is -2.10. The molecule has 0 radical (unpaired) electrons. The lowest BCUT2D eigenvalue weighted by atomic mass is 10.0. The second-order valence-corrected chi connectivity index (χ2v) is 7.73. The Morgan fingerprint density at radius 2 is 2.06 bits per heavy atom. The summed E-state index contributed by atoms with van der Waals surface area (Å²) in [5, 5.41) is 9.99. The van der Waals surface area contributed by atoms with E-state index < -0.39 is 15.9 Å². The van der Waals surface area contributed by atoms with E-state index in [2.05, 4.69) is 15.9 Å². The van der Waals surface area contributed by atoms with Crippen molar-refractivity contribution in [3.63, 3.8) is 0 Å². The van der Waals surface area contributed by atoms with Crippen LogP contribution in [-0.4, -0.2) is 25.0 Å². The molecule has 0 aliphatic rings. The maximum Gasteiger partial charge on any atom is 0.150 e. The van der Waals surface area contributed by atoms with Gasteiger partial charge in [0.2, 0.25) is 0 Å². The SMILES string of the molecule is CCS(=O)(=O)CCCC(O)c1ccc(C)c(Br)c1. The average Bonchev–Trinajstić information content (AvgIpc) is 2.32. The van der Waals surface area contributed by atoms with Crippen LogP contribution in [0.2, 0.25) is 0 Å². The fourth-order valence-electron chi connectivity index (χ4n) is 1.62. The quantitative estimate of drug-likeness (QED) is 0.869. The van der Waals surface area contributed by atoms with Crippen LogP contribution in [0.4, 0.5) is 0 Å². The van der Waals surface area contributed by atoms with Crippen molar-refractivity contribution in [2.24, 2.45) is 0 Å². The first kappa shape index (κ1) is 15.7. The predicted molar refractivity (Wildman–Crippen MR) is 77.4 cm³/mol. The summed E-state index contributed by atoms with van der Waals surface area (Å²) in [6.45, 7) is 3.62. The van der Waals surface area contributed by atoms with Gasteiger partial charge in [-0.2, -0.15) is 0 Å². The zero-order valence-electron chi connectivity index (χ0n) is 10.7. The number of hydrogen-bond donors (Lipinski definition) is 1. The largest absolute Gasteiger partial charge is 0.388 e. The maximum absolute atomic E-state index is 11.3. The zero-order valence-corrected chi connectivity index (χ0v) is 13.1. The highest BCUT2D eigenvalue weighted by Gasteiger charge is 2.12. The summed E-state index contributed by atoms with van der Waals surface area (Å²) >= 11 is 3.42. The van der Waals surface area contributed by atoms with Crippen LogP contribution < -0.4 is 0 Å². The molecular formula is C13H19BrO3S. The van der Waals surface area contributed by atoms with Gasteiger partial charge in [-0.1, -0.05) is 35.0 Å². The van der Waals surface area contributed by atoms with Crippen LogP contribution in [0.15, 0.2) is 22.7 Å². The van der Waals surface area contributed by atoms with Gasteiger partial charge in [-0.15, -0.1) is 0 Å². The van der Waals surface area contributed by atoms with Crippen molar-refractivity contribution in [3.05, 3.63) is 33.8 Å². The first-order valence-corrected chi connectivity index (χ1v) is 8.61. The fourth-order valence-corrected chi connectivity index (χ4v) is 2.92. The number of aliphatic hydroxyl groups excluding tert-OH is 1. The molecule has 0 saturated carbocycles. The van der Waals surface area contributed by atoms with Crippen molar-refractivity contribution < 1.29 is 13.5 Å². The van der Waals surface area contributed by atoms with E-state index in [1.807, 2.05) is 25.1 Å². The maximum atomic E-state index is 11.3. The van der Waals surface area contributed by atoms with Gasteiger partial charge in [0.05, 0.1) is 11.9 Å². The molecule has 0 saturated heterocycles. The minimum Gasteiger partial charge on any atom is -0.388 e. The molecule has 1 unspecified atom stereocenters. The molecule has 1 N–H and O–H groups in total. The van der Waals surface area contributed by atoms with E-state index >= 15 is 0 Å². The van der Waals surface area contributed by atoms with E-state index in [0.29, 0.717) is 12.8 Å². The molecule has 18 heavy (non-hydrogen) atoms. The van der Waals surface area contributed by atoms with Gasteiger partial charge < -0.3 is 5.11 Å². The zero-order chi connectivity index (χ0) is 13.8. The van der Waals surface area contributed by atoms with Crippen molar-refractivity contribution in [1.29, 1.82) is 0 Å². The molecule has 1 aromatic carbocycles. The van der Waals surface area contributed by atoms with Gasteiger partial charge in [0, 0.05) is 10.2 Å². The summed E-state index contributed by atoms with van der Waals surface area (Å²) in [4.78, 5) is 0. The number of sulfone groups is 1. The minimum atomic E-state index is -2.93. The molecule has 1 aromatic rings. The molecule has 5 heteroatoms. The Morgan fingerprint density at radius 3 is 2.61 bits per heavy atom. The summed E-state index contributed by atoms with van der Waals surface area (Å²) < 4.78 is 23.6. The monoisotopic (exact) mass is 334 g/mol. The number of benzene rings is 1. The second kappa shape index (κ2) is 6.68. The van der Waals surface area contributed by atoms with Crippen molar-refractivity contribution in [2.45, 2.75) is 32.8 Å². The topological polar surface area (TPSA) is 54.4 Å². The lowest BCUT2D eigenvalue weighted by molar-refractivity contribution is 0.166. The average molecular weight is 335 g/mol. The van der Waals surface area contributed by atoms with Crippen LogP contribution in [0, 0.1) is 6.92 Å². The molecule has 102 valence electrons. The number of aliphatic hydroxyl groups is 1. The van der Waals surface area contributed by atoms with E-state index in [1.54, 1.807) is 6.92 Å². The highest BCUT2D eigenvalue weighted by Crippen LogP contribution is 2.24. The van der Waals surface area contributed by atoms with E-state index in [9.17, 15) is 13.5 Å². The standard InChI is InChI=1S/C13H19BrO3S/c1-3-18(16,17)8-4-5-13(15)11-7-6-10(2)12(14)9-11/h6-7,9,13,15H,3-5,8H2,1-2H3. The van der Waals surface area contributed by atoms with E-state index in [-0.39, 0.29) is 11.5 Å². The molecule has 1 rings (SSSR count). The van der Waals surface area contributed by atoms with Crippen molar-refractivity contribution in [3.8, 4) is 0 Å². The van der Waals surface area contributed by atoms with E-state index in [0.717, 1.165) is 15.6 Å². The molecule has 0 aliphatic heterocycles. The molecule has 0 spiro atoms. The highest BCUT2D eigenvalue weighted by molar-refractivity contribution is 9.10. The molecule has 3 nitrogen and oxygen atoms in total. The Labute approximate surface area is 117 Å². The first-order chi connectivity index (χ1) is 8.35. The Morgan fingerprint density at radius 1 is 1.39 bits per heavy atom. The first-order valence-electron chi connectivity index (χ1n) is 6.00. The van der Waals surface area contributed by atoms with Crippen LogP contribution in [-0.2, 0) is 9.84 Å².